The predicted molar refractivity (Wildman–Crippen MR) is 88.0 cm³/mol. The van der Waals surface area contributed by atoms with Gasteiger partial charge in [-0.3, -0.25) is 19.2 Å². The number of rotatable bonds is 7. The van der Waals surface area contributed by atoms with Crippen molar-refractivity contribution in [1.29, 1.82) is 0 Å². The van der Waals surface area contributed by atoms with E-state index in [0.717, 1.165) is 5.56 Å². The first-order valence-corrected chi connectivity index (χ1v) is 7.54. The summed E-state index contributed by atoms with van der Waals surface area (Å²) in [6, 6.07) is 9.35. The predicted octanol–water partition coefficient (Wildman–Crippen LogP) is 2.48. The van der Waals surface area contributed by atoms with E-state index < -0.39 is 11.9 Å². The minimum Gasteiger partial charge on any atom is -0.469 e. The van der Waals surface area contributed by atoms with Crippen LogP contribution in [0.15, 0.2) is 30.3 Å². The van der Waals surface area contributed by atoms with E-state index in [-0.39, 0.29) is 36.9 Å². The molecule has 6 heteroatoms. The lowest BCUT2D eigenvalue weighted by atomic mass is 10.1. The third kappa shape index (κ3) is 11.1. The van der Waals surface area contributed by atoms with E-state index in [1.54, 1.807) is 13.8 Å². The Bertz CT molecular complexity index is 548. The lowest BCUT2D eigenvalue weighted by Crippen LogP contribution is -2.13. The fourth-order valence-corrected chi connectivity index (χ4v) is 1.41. The van der Waals surface area contributed by atoms with Crippen LogP contribution in [0, 0.1) is 5.92 Å². The fourth-order valence-electron chi connectivity index (χ4n) is 1.41. The van der Waals surface area contributed by atoms with Crippen LogP contribution in [-0.2, 0) is 35.3 Å². The number of carbonyl (C=O) groups is 4. The molecule has 0 aliphatic heterocycles. The van der Waals surface area contributed by atoms with E-state index in [9.17, 15) is 19.2 Å². The maximum Gasteiger partial charge on any atom is 0.313 e. The molecule has 0 amide bonds. The van der Waals surface area contributed by atoms with E-state index in [2.05, 4.69) is 4.74 Å². The van der Waals surface area contributed by atoms with E-state index in [4.69, 9.17) is 4.74 Å². The van der Waals surface area contributed by atoms with Gasteiger partial charge >= 0.3 is 11.9 Å². The third-order valence-corrected chi connectivity index (χ3v) is 2.83. The second-order valence-electron chi connectivity index (χ2n) is 5.40. The van der Waals surface area contributed by atoms with Gasteiger partial charge in [-0.05, 0) is 12.5 Å². The maximum atomic E-state index is 11.0. The quantitative estimate of drug-likeness (QED) is 0.561. The van der Waals surface area contributed by atoms with E-state index in [1.807, 2.05) is 30.3 Å². The van der Waals surface area contributed by atoms with Crippen molar-refractivity contribution in [1.82, 2.24) is 0 Å². The number of methoxy groups -OCH3 is 1. The van der Waals surface area contributed by atoms with Crippen LogP contribution < -0.4 is 0 Å². The summed E-state index contributed by atoms with van der Waals surface area (Å²) in [4.78, 5) is 42.8. The standard InChI is InChI=1S/C11H12O3.C7H12O3/c1-9(12)7-11(13)14-8-10-5-3-2-4-6-10;1-5(2)6(8)4-7(9)10-3/h2-6H,7-8H2,1H3;5H,4H2,1-3H3. The molecule has 0 saturated carbocycles. The van der Waals surface area contributed by atoms with Gasteiger partial charge in [0.05, 0.1) is 7.11 Å². The first kappa shape index (κ1) is 21.5. The molecule has 132 valence electrons. The highest BCUT2D eigenvalue weighted by molar-refractivity contribution is 5.96. The molecular weight excluding hydrogens is 312 g/mol. The molecule has 0 heterocycles. The van der Waals surface area contributed by atoms with Crippen LogP contribution in [0.25, 0.3) is 0 Å². The molecule has 0 unspecified atom stereocenters. The van der Waals surface area contributed by atoms with Gasteiger partial charge in [0, 0.05) is 5.92 Å². The molecule has 0 aromatic heterocycles. The summed E-state index contributed by atoms with van der Waals surface area (Å²) in [7, 11) is 1.27. The molecule has 1 rings (SSSR count). The zero-order valence-electron chi connectivity index (χ0n) is 14.5. The van der Waals surface area contributed by atoms with Crippen molar-refractivity contribution >= 4 is 23.5 Å². The van der Waals surface area contributed by atoms with Gasteiger partial charge in [-0.25, -0.2) is 0 Å². The molecule has 24 heavy (non-hydrogen) atoms. The van der Waals surface area contributed by atoms with E-state index >= 15 is 0 Å². The molecule has 0 atom stereocenters. The summed E-state index contributed by atoms with van der Waals surface area (Å²) >= 11 is 0. The number of esters is 2. The van der Waals surface area contributed by atoms with Crippen molar-refractivity contribution in [3.8, 4) is 0 Å². The van der Waals surface area contributed by atoms with Crippen molar-refractivity contribution in [3.63, 3.8) is 0 Å². The van der Waals surface area contributed by atoms with Crippen LogP contribution in [0.5, 0.6) is 0 Å². The first-order chi connectivity index (χ1) is 11.3. The Morgan fingerprint density at radius 1 is 0.958 bits per heavy atom. The van der Waals surface area contributed by atoms with Crippen LogP contribution in [0.3, 0.4) is 0 Å². The van der Waals surface area contributed by atoms with Crippen molar-refractivity contribution in [3.05, 3.63) is 35.9 Å². The van der Waals surface area contributed by atoms with Gasteiger partial charge in [-0.1, -0.05) is 44.2 Å². The van der Waals surface area contributed by atoms with Gasteiger partial charge in [-0.2, -0.15) is 0 Å². The molecule has 0 radical (unpaired) electrons. The lowest BCUT2D eigenvalue weighted by Gasteiger charge is -2.02. The molecule has 6 nitrogen and oxygen atoms in total. The largest absolute Gasteiger partial charge is 0.469 e. The summed E-state index contributed by atoms with van der Waals surface area (Å²) in [5.41, 5.74) is 0.921. The molecule has 0 N–H and O–H groups in total. The summed E-state index contributed by atoms with van der Waals surface area (Å²) in [6.45, 7) is 5.10. The molecule has 0 saturated heterocycles. The Morgan fingerprint density at radius 2 is 1.54 bits per heavy atom. The third-order valence-electron chi connectivity index (χ3n) is 2.83. The number of benzene rings is 1. The van der Waals surface area contributed by atoms with Crippen LogP contribution in [0.2, 0.25) is 0 Å². The number of hydrogen-bond acceptors (Lipinski definition) is 6. The smallest absolute Gasteiger partial charge is 0.313 e. The molecule has 0 spiro atoms. The first-order valence-electron chi connectivity index (χ1n) is 7.54. The van der Waals surface area contributed by atoms with Crippen LogP contribution in [-0.4, -0.2) is 30.6 Å². The SMILES string of the molecule is CC(=O)CC(=O)OCc1ccccc1.COC(=O)CC(=O)C(C)C. The second-order valence-corrected chi connectivity index (χ2v) is 5.40. The van der Waals surface area contributed by atoms with Crippen molar-refractivity contribution in [2.24, 2.45) is 5.92 Å². The number of carbonyl (C=O) groups excluding carboxylic acids is 4. The summed E-state index contributed by atoms with van der Waals surface area (Å²) in [5, 5.41) is 0. The Hall–Kier alpha value is -2.50. The zero-order chi connectivity index (χ0) is 18.5. The maximum absolute atomic E-state index is 11.0. The van der Waals surface area contributed by atoms with Crippen molar-refractivity contribution < 1.29 is 28.7 Å². The zero-order valence-corrected chi connectivity index (χ0v) is 14.5. The van der Waals surface area contributed by atoms with Crippen LogP contribution in [0.1, 0.15) is 39.2 Å². The summed E-state index contributed by atoms with van der Waals surface area (Å²) in [6.07, 6.45) is -0.249. The molecule has 0 fully saturated rings. The van der Waals surface area contributed by atoms with Gasteiger partial charge in [0.1, 0.15) is 31.0 Å². The minimum atomic E-state index is -0.471. The number of Topliss-reactive ketones (excluding diaryl/α,β-unsaturated/α-hetero) is 2. The van der Waals surface area contributed by atoms with Gasteiger partial charge in [0.15, 0.2) is 0 Å². The average molecular weight is 336 g/mol. The second kappa shape index (κ2) is 12.0. The highest BCUT2D eigenvalue weighted by atomic mass is 16.5. The molecule has 0 aliphatic carbocycles. The Morgan fingerprint density at radius 3 is 2.00 bits per heavy atom. The van der Waals surface area contributed by atoms with E-state index in [1.165, 1.54) is 14.0 Å². The Labute approximate surface area is 142 Å². The van der Waals surface area contributed by atoms with Gasteiger partial charge in [0.25, 0.3) is 0 Å². The molecule has 0 bridgehead atoms. The topological polar surface area (TPSA) is 86.7 Å². The Balaban J connectivity index is 0.000000470. The average Bonchev–Trinajstić information content (AvgIpc) is 2.53. The van der Waals surface area contributed by atoms with Crippen LogP contribution >= 0.6 is 0 Å². The monoisotopic (exact) mass is 336 g/mol. The van der Waals surface area contributed by atoms with Crippen LogP contribution in [0.4, 0.5) is 0 Å². The molecular formula is C18H24O6. The summed E-state index contributed by atoms with van der Waals surface area (Å²) < 4.78 is 9.19. The number of hydrogen-bond donors (Lipinski definition) is 0. The highest BCUT2D eigenvalue weighted by Crippen LogP contribution is 2.01. The van der Waals surface area contributed by atoms with Gasteiger partial charge < -0.3 is 9.47 Å². The number of ether oxygens (including phenoxy) is 2. The van der Waals surface area contributed by atoms with Crippen molar-refractivity contribution in [2.45, 2.75) is 40.2 Å². The number of ketones is 2. The fraction of sp³-hybridized carbons (Fsp3) is 0.444. The lowest BCUT2D eigenvalue weighted by molar-refractivity contribution is -0.147. The van der Waals surface area contributed by atoms with Crippen molar-refractivity contribution in [2.75, 3.05) is 7.11 Å². The molecule has 1 aromatic rings. The van der Waals surface area contributed by atoms with Gasteiger partial charge in [-0.15, -0.1) is 0 Å². The molecule has 0 aliphatic rings. The normalized spacial score (nSPS) is 9.54. The minimum absolute atomic E-state index is 0.0770. The van der Waals surface area contributed by atoms with E-state index in [0.29, 0.717) is 0 Å². The Kier molecular flexibility index (Phi) is 10.7. The van der Waals surface area contributed by atoms with Gasteiger partial charge in [0.2, 0.25) is 0 Å². The molecule has 1 aromatic carbocycles. The highest BCUT2D eigenvalue weighted by Gasteiger charge is 2.12. The summed E-state index contributed by atoms with van der Waals surface area (Å²) in [5.74, 6) is -1.27.